The maximum atomic E-state index is 11.9. The second kappa shape index (κ2) is 9.78. The Morgan fingerprint density at radius 3 is 2.47 bits per heavy atom. The summed E-state index contributed by atoms with van der Waals surface area (Å²) in [7, 11) is 0. The summed E-state index contributed by atoms with van der Waals surface area (Å²) >= 11 is 0. The summed E-state index contributed by atoms with van der Waals surface area (Å²) in [5.74, 6) is 1.31. The molecule has 0 aliphatic rings. The summed E-state index contributed by atoms with van der Waals surface area (Å²) in [6, 6.07) is 17.9. The molecule has 34 heavy (non-hydrogen) atoms. The number of fused-ring (bicyclic) bond motifs is 1. The van der Waals surface area contributed by atoms with Gasteiger partial charge in [-0.15, -0.1) is 0 Å². The van der Waals surface area contributed by atoms with E-state index in [-0.39, 0.29) is 6.04 Å². The summed E-state index contributed by atoms with van der Waals surface area (Å²) in [5.41, 5.74) is 3.06. The second-order valence-corrected chi connectivity index (χ2v) is 8.97. The van der Waals surface area contributed by atoms with E-state index in [0.717, 1.165) is 22.2 Å². The number of amides is 1. The Labute approximate surface area is 198 Å². The number of nitrogens with one attached hydrogen (secondary N) is 4. The monoisotopic (exact) mass is 459 g/mol. The van der Waals surface area contributed by atoms with Gasteiger partial charge in [-0.25, -0.2) is 14.8 Å². The molecule has 4 aromatic rings. The molecule has 9 nitrogen and oxygen atoms in total. The smallest absolute Gasteiger partial charge is 0.407 e. The first kappa shape index (κ1) is 23.0. The average molecular weight is 460 g/mol. The molecule has 176 valence electrons. The summed E-state index contributed by atoms with van der Waals surface area (Å²) in [5, 5.41) is 17.7. The van der Waals surface area contributed by atoms with Gasteiger partial charge in [-0.2, -0.15) is 5.10 Å². The van der Waals surface area contributed by atoms with E-state index in [2.05, 4.69) is 55.2 Å². The van der Waals surface area contributed by atoms with Crippen molar-refractivity contribution in [2.24, 2.45) is 0 Å². The Kier molecular flexibility index (Phi) is 6.62. The average Bonchev–Trinajstić information content (AvgIpc) is 3.22. The molecule has 0 saturated carbocycles. The van der Waals surface area contributed by atoms with Crippen molar-refractivity contribution in [3.63, 3.8) is 0 Å². The molecule has 0 fully saturated rings. The fraction of sp³-hybridized carbons (Fsp3) is 0.280. The van der Waals surface area contributed by atoms with Gasteiger partial charge in [-0.3, -0.25) is 5.10 Å². The third-order valence-corrected chi connectivity index (χ3v) is 5.06. The zero-order valence-corrected chi connectivity index (χ0v) is 19.7. The van der Waals surface area contributed by atoms with Gasteiger partial charge in [0.2, 0.25) is 0 Å². The molecule has 4 rings (SSSR count). The van der Waals surface area contributed by atoms with Gasteiger partial charge < -0.3 is 20.7 Å². The molecular formula is C25H29N7O2. The first-order chi connectivity index (χ1) is 16.3. The standard InChI is InChI=1S/C25H29N7O2/c1-16(18-8-6-5-7-9-18)29-21-20-22(28-15-27-21)31-32-23(20)30-19-12-10-17(11-13-19)14-26-24(33)34-25(2,3)4/h5-13,15-16H,14H2,1-4H3,(H,26,33)(H3,27,28,29,30,31,32). The Bertz CT molecular complexity index is 1250. The van der Waals surface area contributed by atoms with Crippen LogP contribution in [0.1, 0.15) is 44.9 Å². The summed E-state index contributed by atoms with van der Waals surface area (Å²) in [6.07, 6.45) is 1.07. The molecule has 0 aliphatic heterocycles. The van der Waals surface area contributed by atoms with Crippen molar-refractivity contribution in [2.75, 3.05) is 10.6 Å². The third-order valence-electron chi connectivity index (χ3n) is 5.06. The van der Waals surface area contributed by atoms with E-state index in [1.165, 1.54) is 6.33 Å². The van der Waals surface area contributed by atoms with Gasteiger partial charge >= 0.3 is 6.09 Å². The first-order valence-electron chi connectivity index (χ1n) is 11.1. The number of anilines is 3. The Hall–Kier alpha value is -4.14. The quantitative estimate of drug-likeness (QED) is 0.296. The van der Waals surface area contributed by atoms with Gasteiger partial charge in [0, 0.05) is 18.3 Å². The van der Waals surface area contributed by atoms with Crippen molar-refractivity contribution in [1.29, 1.82) is 0 Å². The maximum absolute atomic E-state index is 11.9. The Morgan fingerprint density at radius 1 is 1.03 bits per heavy atom. The molecule has 0 radical (unpaired) electrons. The fourth-order valence-electron chi connectivity index (χ4n) is 3.42. The van der Waals surface area contributed by atoms with Crippen LogP contribution < -0.4 is 16.0 Å². The molecule has 2 heterocycles. The fourth-order valence-corrected chi connectivity index (χ4v) is 3.42. The van der Waals surface area contributed by atoms with E-state index >= 15 is 0 Å². The number of aromatic nitrogens is 4. The number of hydrogen-bond acceptors (Lipinski definition) is 7. The van der Waals surface area contributed by atoms with Gasteiger partial charge in [0.15, 0.2) is 11.5 Å². The zero-order valence-electron chi connectivity index (χ0n) is 19.7. The van der Waals surface area contributed by atoms with Crippen LogP contribution in [0.15, 0.2) is 60.9 Å². The number of benzene rings is 2. The van der Waals surface area contributed by atoms with Gasteiger partial charge in [-0.05, 0) is 51.0 Å². The molecular weight excluding hydrogens is 430 g/mol. The van der Waals surface area contributed by atoms with Crippen molar-refractivity contribution < 1.29 is 9.53 Å². The molecule has 0 spiro atoms. The third kappa shape index (κ3) is 5.80. The topological polar surface area (TPSA) is 117 Å². The molecule has 1 unspecified atom stereocenters. The summed E-state index contributed by atoms with van der Waals surface area (Å²) in [6.45, 7) is 7.96. The molecule has 2 aromatic carbocycles. The largest absolute Gasteiger partial charge is 0.444 e. The number of H-pyrrole nitrogens is 1. The lowest BCUT2D eigenvalue weighted by molar-refractivity contribution is 0.0523. The van der Waals surface area contributed by atoms with Crippen LogP contribution in [-0.2, 0) is 11.3 Å². The zero-order chi connectivity index (χ0) is 24.1. The summed E-state index contributed by atoms with van der Waals surface area (Å²) < 4.78 is 5.27. The molecule has 0 aliphatic carbocycles. The molecule has 2 aromatic heterocycles. The highest BCUT2D eigenvalue weighted by Gasteiger charge is 2.17. The van der Waals surface area contributed by atoms with Crippen LogP contribution in [-0.4, -0.2) is 31.9 Å². The summed E-state index contributed by atoms with van der Waals surface area (Å²) in [4.78, 5) is 20.6. The lowest BCUT2D eigenvalue weighted by atomic mass is 10.1. The second-order valence-electron chi connectivity index (χ2n) is 8.97. The number of ether oxygens (including phenoxy) is 1. The van der Waals surface area contributed by atoms with E-state index < -0.39 is 11.7 Å². The van der Waals surface area contributed by atoms with E-state index in [9.17, 15) is 4.79 Å². The van der Waals surface area contributed by atoms with E-state index in [1.807, 2.05) is 63.2 Å². The molecule has 4 N–H and O–H groups in total. The number of rotatable bonds is 7. The van der Waals surface area contributed by atoms with Crippen molar-refractivity contribution in [3.05, 3.63) is 72.1 Å². The van der Waals surface area contributed by atoms with E-state index in [1.54, 1.807) is 0 Å². The minimum Gasteiger partial charge on any atom is -0.444 e. The Morgan fingerprint density at radius 2 is 1.76 bits per heavy atom. The van der Waals surface area contributed by atoms with Gasteiger partial charge in [0.05, 0.1) is 0 Å². The van der Waals surface area contributed by atoms with Crippen molar-refractivity contribution in [2.45, 2.75) is 45.9 Å². The van der Waals surface area contributed by atoms with Crippen molar-refractivity contribution in [1.82, 2.24) is 25.5 Å². The highest BCUT2D eigenvalue weighted by molar-refractivity contribution is 5.97. The lowest BCUT2D eigenvalue weighted by Gasteiger charge is -2.19. The van der Waals surface area contributed by atoms with Crippen LogP contribution in [0.2, 0.25) is 0 Å². The lowest BCUT2D eigenvalue weighted by Crippen LogP contribution is -2.32. The molecule has 0 saturated heterocycles. The number of nitrogens with zero attached hydrogens (tertiary/aromatic N) is 3. The SMILES string of the molecule is CC(Nc1ncnc2[nH]nc(Nc3ccc(CNC(=O)OC(C)(C)C)cc3)c12)c1ccccc1. The number of carbonyl (C=O) groups is 1. The van der Waals surface area contributed by atoms with Crippen molar-refractivity contribution >= 4 is 34.4 Å². The van der Waals surface area contributed by atoms with Gasteiger partial charge in [-0.1, -0.05) is 42.5 Å². The number of carbonyl (C=O) groups excluding carboxylic acids is 1. The van der Waals surface area contributed by atoms with Crippen LogP contribution in [0.5, 0.6) is 0 Å². The van der Waals surface area contributed by atoms with Crippen LogP contribution >= 0.6 is 0 Å². The normalized spacial score (nSPS) is 12.2. The number of aromatic amines is 1. The van der Waals surface area contributed by atoms with Crippen molar-refractivity contribution in [3.8, 4) is 0 Å². The Balaban J connectivity index is 1.46. The first-order valence-corrected chi connectivity index (χ1v) is 11.1. The van der Waals surface area contributed by atoms with Crippen LogP contribution in [0.4, 0.5) is 22.1 Å². The highest BCUT2D eigenvalue weighted by Crippen LogP contribution is 2.30. The minimum absolute atomic E-state index is 0.0545. The minimum atomic E-state index is -0.527. The number of hydrogen-bond donors (Lipinski definition) is 4. The van der Waals surface area contributed by atoms with Gasteiger partial charge in [0.1, 0.15) is 23.1 Å². The van der Waals surface area contributed by atoms with E-state index in [4.69, 9.17) is 4.74 Å². The van der Waals surface area contributed by atoms with Crippen LogP contribution in [0, 0.1) is 0 Å². The number of alkyl carbamates (subject to hydrolysis) is 1. The molecule has 9 heteroatoms. The molecule has 0 bridgehead atoms. The molecule has 1 atom stereocenters. The predicted molar refractivity (Wildman–Crippen MR) is 133 cm³/mol. The highest BCUT2D eigenvalue weighted by atomic mass is 16.6. The van der Waals surface area contributed by atoms with Crippen LogP contribution in [0.25, 0.3) is 11.0 Å². The van der Waals surface area contributed by atoms with Gasteiger partial charge in [0.25, 0.3) is 0 Å². The maximum Gasteiger partial charge on any atom is 0.407 e. The van der Waals surface area contributed by atoms with E-state index in [0.29, 0.717) is 23.8 Å². The van der Waals surface area contributed by atoms with Crippen LogP contribution in [0.3, 0.4) is 0 Å². The predicted octanol–water partition coefficient (Wildman–Crippen LogP) is 5.29. The molecule has 1 amide bonds.